The predicted molar refractivity (Wildman–Crippen MR) is 55.3 cm³/mol. The van der Waals surface area contributed by atoms with E-state index in [0.717, 1.165) is 17.0 Å². The van der Waals surface area contributed by atoms with Crippen molar-refractivity contribution in [1.29, 1.82) is 0 Å². The van der Waals surface area contributed by atoms with Crippen molar-refractivity contribution in [3.05, 3.63) is 20.7 Å². The van der Waals surface area contributed by atoms with E-state index in [1.165, 1.54) is 0 Å². The second-order valence-electron chi connectivity index (χ2n) is 2.90. The van der Waals surface area contributed by atoms with Crippen molar-refractivity contribution in [2.75, 3.05) is 7.05 Å². The summed E-state index contributed by atoms with van der Waals surface area (Å²) in [5, 5.41) is 7.22. The molecule has 78 valence electrons. The number of carbonyl (C=O) groups excluding carboxylic acids is 1. The standard InChI is InChI=1S/C8H13N3O2S/c1-5(9-2)7(12)10-3-6-4-14-8(13)11-6/h4-5,9H,3H2,1-2H3,(H,10,12)(H,11,13). The molecule has 1 aromatic heterocycles. The minimum Gasteiger partial charge on any atom is -0.349 e. The first-order valence-electron chi connectivity index (χ1n) is 4.25. The van der Waals surface area contributed by atoms with Crippen LogP contribution in [0, 0.1) is 0 Å². The van der Waals surface area contributed by atoms with Gasteiger partial charge in [0.2, 0.25) is 5.91 Å². The van der Waals surface area contributed by atoms with Crippen LogP contribution in [0.2, 0.25) is 0 Å². The summed E-state index contributed by atoms with van der Waals surface area (Å²) in [7, 11) is 1.72. The third kappa shape index (κ3) is 2.97. The molecule has 1 amide bonds. The Balaban J connectivity index is 2.41. The van der Waals surface area contributed by atoms with Crippen LogP contribution in [-0.4, -0.2) is 24.0 Å². The van der Waals surface area contributed by atoms with Crippen molar-refractivity contribution in [2.45, 2.75) is 19.5 Å². The summed E-state index contributed by atoms with van der Waals surface area (Å²) in [4.78, 5) is 24.6. The molecule has 0 aliphatic rings. The van der Waals surface area contributed by atoms with Gasteiger partial charge in [0, 0.05) is 11.1 Å². The fourth-order valence-electron chi connectivity index (χ4n) is 0.867. The molecule has 1 heterocycles. The summed E-state index contributed by atoms with van der Waals surface area (Å²) in [5.41, 5.74) is 0.733. The van der Waals surface area contributed by atoms with Crippen LogP contribution >= 0.6 is 11.3 Å². The molecule has 0 fully saturated rings. The van der Waals surface area contributed by atoms with Crippen LogP contribution in [0.4, 0.5) is 0 Å². The summed E-state index contributed by atoms with van der Waals surface area (Å²) in [6, 6.07) is -0.222. The SMILES string of the molecule is CNC(C)C(=O)NCc1csc(=O)[nH]1. The largest absolute Gasteiger partial charge is 0.349 e. The molecule has 1 unspecified atom stereocenters. The molecule has 0 aromatic carbocycles. The van der Waals surface area contributed by atoms with E-state index >= 15 is 0 Å². The van der Waals surface area contributed by atoms with Gasteiger partial charge in [-0.1, -0.05) is 11.3 Å². The van der Waals surface area contributed by atoms with Crippen molar-refractivity contribution < 1.29 is 4.79 Å². The number of H-pyrrole nitrogens is 1. The topological polar surface area (TPSA) is 74.0 Å². The van der Waals surface area contributed by atoms with Crippen LogP contribution in [0.3, 0.4) is 0 Å². The first-order chi connectivity index (χ1) is 6.63. The third-order valence-corrected chi connectivity index (χ3v) is 2.57. The highest BCUT2D eigenvalue weighted by atomic mass is 32.1. The van der Waals surface area contributed by atoms with E-state index in [-0.39, 0.29) is 16.8 Å². The number of aromatic nitrogens is 1. The average Bonchev–Trinajstić information content (AvgIpc) is 2.59. The number of thiazole rings is 1. The van der Waals surface area contributed by atoms with Crippen LogP contribution in [0.15, 0.2) is 10.2 Å². The molecule has 14 heavy (non-hydrogen) atoms. The Morgan fingerprint density at radius 3 is 2.93 bits per heavy atom. The lowest BCUT2D eigenvalue weighted by Gasteiger charge is -2.09. The van der Waals surface area contributed by atoms with Gasteiger partial charge >= 0.3 is 4.87 Å². The fraction of sp³-hybridized carbons (Fsp3) is 0.500. The lowest BCUT2D eigenvalue weighted by atomic mass is 10.3. The molecule has 0 aliphatic carbocycles. The summed E-state index contributed by atoms with van der Waals surface area (Å²) >= 11 is 1.09. The summed E-state index contributed by atoms with van der Waals surface area (Å²) in [6.45, 7) is 2.13. The molecule has 0 radical (unpaired) electrons. The molecule has 1 aromatic rings. The summed E-state index contributed by atoms with van der Waals surface area (Å²) in [5.74, 6) is -0.0838. The van der Waals surface area contributed by atoms with E-state index in [2.05, 4.69) is 15.6 Å². The maximum atomic E-state index is 11.3. The maximum absolute atomic E-state index is 11.3. The van der Waals surface area contributed by atoms with Gasteiger partial charge in [-0.15, -0.1) is 0 Å². The van der Waals surface area contributed by atoms with Crippen molar-refractivity contribution >= 4 is 17.2 Å². The zero-order valence-corrected chi connectivity index (χ0v) is 8.90. The van der Waals surface area contributed by atoms with E-state index in [9.17, 15) is 9.59 Å². The highest BCUT2D eigenvalue weighted by Crippen LogP contribution is 1.94. The number of likely N-dealkylation sites (N-methyl/N-ethyl adjacent to an activating group) is 1. The van der Waals surface area contributed by atoms with Crippen molar-refractivity contribution in [3.63, 3.8) is 0 Å². The molecule has 5 nitrogen and oxygen atoms in total. The molecular formula is C8H13N3O2S. The molecule has 6 heteroatoms. The molecule has 1 rings (SSSR count). The number of amides is 1. The number of hydrogen-bond acceptors (Lipinski definition) is 4. The number of rotatable bonds is 4. The van der Waals surface area contributed by atoms with E-state index in [4.69, 9.17) is 0 Å². The van der Waals surface area contributed by atoms with Gasteiger partial charge in [-0.2, -0.15) is 0 Å². The highest BCUT2D eigenvalue weighted by Gasteiger charge is 2.09. The van der Waals surface area contributed by atoms with Crippen LogP contribution in [0.25, 0.3) is 0 Å². The van der Waals surface area contributed by atoms with Gasteiger partial charge in [-0.25, -0.2) is 0 Å². The van der Waals surface area contributed by atoms with Crippen LogP contribution in [-0.2, 0) is 11.3 Å². The third-order valence-electron chi connectivity index (χ3n) is 1.85. The first kappa shape index (κ1) is 10.9. The second kappa shape index (κ2) is 4.92. The molecule has 0 saturated heterocycles. The zero-order valence-electron chi connectivity index (χ0n) is 8.09. The minimum atomic E-state index is -0.222. The summed E-state index contributed by atoms with van der Waals surface area (Å²) < 4.78 is 0. The van der Waals surface area contributed by atoms with E-state index in [0.29, 0.717) is 6.54 Å². The maximum Gasteiger partial charge on any atom is 0.304 e. The van der Waals surface area contributed by atoms with E-state index < -0.39 is 0 Å². The molecule has 0 saturated carbocycles. The predicted octanol–water partition coefficient (Wildman–Crippen LogP) is -0.340. The highest BCUT2D eigenvalue weighted by molar-refractivity contribution is 7.07. The van der Waals surface area contributed by atoms with Crippen LogP contribution < -0.4 is 15.5 Å². The van der Waals surface area contributed by atoms with Gasteiger partial charge in [0.05, 0.1) is 12.6 Å². The molecule has 0 spiro atoms. The van der Waals surface area contributed by atoms with Gasteiger partial charge in [0.15, 0.2) is 0 Å². The molecule has 1 atom stereocenters. The van der Waals surface area contributed by atoms with Gasteiger partial charge in [0.25, 0.3) is 0 Å². The number of nitrogens with one attached hydrogen (secondary N) is 3. The van der Waals surface area contributed by atoms with Gasteiger partial charge < -0.3 is 15.6 Å². The number of hydrogen-bond donors (Lipinski definition) is 3. The average molecular weight is 215 g/mol. The Kier molecular flexibility index (Phi) is 3.84. The Labute approximate surface area is 85.5 Å². The number of aromatic amines is 1. The Bertz CT molecular complexity index is 357. The molecule has 0 bridgehead atoms. The molecular weight excluding hydrogens is 202 g/mol. The molecule has 0 aliphatic heterocycles. The lowest BCUT2D eigenvalue weighted by Crippen LogP contribution is -2.40. The van der Waals surface area contributed by atoms with Crippen LogP contribution in [0.1, 0.15) is 12.6 Å². The second-order valence-corrected chi connectivity index (χ2v) is 3.74. The number of carbonyl (C=O) groups is 1. The van der Waals surface area contributed by atoms with Crippen molar-refractivity contribution in [3.8, 4) is 0 Å². The van der Waals surface area contributed by atoms with Gasteiger partial charge in [-0.3, -0.25) is 9.59 Å². The van der Waals surface area contributed by atoms with Crippen LogP contribution in [0.5, 0.6) is 0 Å². The van der Waals surface area contributed by atoms with Gasteiger partial charge in [0.1, 0.15) is 0 Å². The summed E-state index contributed by atoms with van der Waals surface area (Å²) in [6.07, 6.45) is 0. The fourth-order valence-corrected chi connectivity index (χ4v) is 1.45. The monoisotopic (exact) mass is 215 g/mol. The van der Waals surface area contributed by atoms with Gasteiger partial charge in [-0.05, 0) is 14.0 Å². The van der Waals surface area contributed by atoms with Crippen molar-refractivity contribution in [2.24, 2.45) is 0 Å². The quantitative estimate of drug-likeness (QED) is 0.643. The van der Waals surface area contributed by atoms with E-state index in [1.807, 2.05) is 0 Å². The van der Waals surface area contributed by atoms with Crippen molar-refractivity contribution in [1.82, 2.24) is 15.6 Å². The van der Waals surface area contributed by atoms with E-state index in [1.54, 1.807) is 19.4 Å². The lowest BCUT2D eigenvalue weighted by molar-refractivity contribution is -0.122. The zero-order chi connectivity index (χ0) is 10.6. The Morgan fingerprint density at radius 1 is 1.71 bits per heavy atom. The normalized spacial score (nSPS) is 12.4. The Morgan fingerprint density at radius 2 is 2.43 bits per heavy atom. The Hall–Kier alpha value is -1.14. The smallest absolute Gasteiger partial charge is 0.304 e. The first-order valence-corrected chi connectivity index (χ1v) is 5.13. The molecule has 3 N–H and O–H groups in total. The minimum absolute atomic E-state index is 0.0838.